The van der Waals surface area contributed by atoms with Crippen LogP contribution in [-0.4, -0.2) is 22.0 Å². The Balaban J connectivity index is 2.49. The molecule has 2 aromatic rings. The number of aromatic nitrogens is 2. The number of rotatable bonds is 3. The zero-order valence-electron chi connectivity index (χ0n) is 12.1. The van der Waals surface area contributed by atoms with Crippen molar-refractivity contribution in [2.24, 2.45) is 0 Å². The summed E-state index contributed by atoms with van der Waals surface area (Å²) < 4.78 is 6.29. The van der Waals surface area contributed by atoms with Crippen LogP contribution in [0.2, 0.25) is 15.1 Å². The maximum absolute atomic E-state index is 11.8. The van der Waals surface area contributed by atoms with Gasteiger partial charge in [-0.15, -0.1) is 0 Å². The molecule has 1 N–H and O–H groups in total. The number of carbonyl (C=O) groups excluding carboxylic acids is 1. The largest absolute Gasteiger partial charge is 0.447 e. The van der Waals surface area contributed by atoms with Gasteiger partial charge >= 0.3 is 6.09 Å². The highest BCUT2D eigenvalue weighted by atomic mass is 35.5. The molecular formula is C14H11Cl3N4O2. The molecule has 9 heteroatoms. The summed E-state index contributed by atoms with van der Waals surface area (Å²) >= 11 is 18.1. The molecule has 0 saturated carbocycles. The van der Waals surface area contributed by atoms with Crippen molar-refractivity contribution in [3.63, 3.8) is 0 Å². The second-order valence-electron chi connectivity index (χ2n) is 4.70. The molecule has 6 nitrogen and oxygen atoms in total. The summed E-state index contributed by atoms with van der Waals surface area (Å²) in [6.45, 7) is 3.41. The molecule has 0 saturated heterocycles. The number of hydrogen-bond donors (Lipinski definition) is 1. The summed E-state index contributed by atoms with van der Waals surface area (Å²) in [5.74, 6) is 0.124. The number of amides is 1. The van der Waals surface area contributed by atoms with Crippen LogP contribution in [0.3, 0.4) is 0 Å². The fraction of sp³-hybridized carbons (Fsp3) is 0.214. The third-order valence-electron chi connectivity index (χ3n) is 2.70. The van der Waals surface area contributed by atoms with E-state index >= 15 is 0 Å². The molecule has 0 radical (unpaired) electrons. The van der Waals surface area contributed by atoms with Crippen molar-refractivity contribution in [1.29, 1.82) is 5.26 Å². The van der Waals surface area contributed by atoms with Gasteiger partial charge in [-0.2, -0.15) is 10.4 Å². The van der Waals surface area contributed by atoms with Gasteiger partial charge in [0.2, 0.25) is 0 Å². The van der Waals surface area contributed by atoms with Crippen molar-refractivity contribution in [3.8, 4) is 11.8 Å². The summed E-state index contributed by atoms with van der Waals surface area (Å²) in [6.07, 6.45) is 0.268. The van der Waals surface area contributed by atoms with Crippen LogP contribution < -0.4 is 5.32 Å². The molecule has 0 bridgehead atoms. The summed E-state index contributed by atoms with van der Waals surface area (Å²) in [6, 6.07) is 5.04. The topological polar surface area (TPSA) is 79.9 Å². The van der Waals surface area contributed by atoms with Crippen LogP contribution in [0.1, 0.15) is 19.4 Å². The minimum atomic E-state index is -0.713. The number of nitrogens with one attached hydrogen (secondary N) is 1. The van der Waals surface area contributed by atoms with E-state index in [1.165, 1.54) is 16.9 Å². The second kappa shape index (κ2) is 7.09. The summed E-state index contributed by atoms with van der Waals surface area (Å²) in [5.41, 5.74) is 0.509. The quantitative estimate of drug-likeness (QED) is 0.793. The van der Waals surface area contributed by atoms with Gasteiger partial charge in [0.05, 0.1) is 33.1 Å². The lowest BCUT2D eigenvalue weighted by molar-refractivity contribution is 0.130. The number of hydrogen-bond acceptors (Lipinski definition) is 4. The Morgan fingerprint density at radius 1 is 1.35 bits per heavy atom. The van der Waals surface area contributed by atoms with Crippen LogP contribution in [0, 0.1) is 11.3 Å². The molecule has 0 aliphatic carbocycles. The average molecular weight is 374 g/mol. The first-order chi connectivity index (χ1) is 10.8. The molecule has 0 unspecified atom stereocenters. The average Bonchev–Trinajstić information content (AvgIpc) is 2.86. The number of benzene rings is 1. The highest BCUT2D eigenvalue weighted by Crippen LogP contribution is 2.36. The van der Waals surface area contributed by atoms with Crippen molar-refractivity contribution in [2.75, 3.05) is 5.32 Å². The predicted molar refractivity (Wildman–Crippen MR) is 88.5 cm³/mol. The van der Waals surface area contributed by atoms with Crippen molar-refractivity contribution in [3.05, 3.63) is 39.0 Å². The Hall–Kier alpha value is -1.94. The molecule has 1 aromatic heterocycles. The monoisotopic (exact) mass is 372 g/mol. The highest BCUT2D eigenvalue weighted by molar-refractivity contribution is 6.48. The maximum atomic E-state index is 11.8. The normalized spacial score (nSPS) is 10.5. The molecular weight excluding hydrogens is 363 g/mol. The molecule has 120 valence electrons. The van der Waals surface area contributed by atoms with Crippen LogP contribution >= 0.6 is 34.8 Å². The third kappa shape index (κ3) is 3.70. The van der Waals surface area contributed by atoms with Crippen LogP contribution in [0.25, 0.3) is 5.69 Å². The smallest absolute Gasteiger partial charge is 0.413 e. The van der Waals surface area contributed by atoms with Gasteiger partial charge in [-0.05, 0) is 26.0 Å². The van der Waals surface area contributed by atoms with E-state index in [9.17, 15) is 4.79 Å². The Kier molecular flexibility index (Phi) is 5.37. The second-order valence-corrected chi connectivity index (χ2v) is 5.87. The van der Waals surface area contributed by atoms with Crippen molar-refractivity contribution < 1.29 is 9.53 Å². The van der Waals surface area contributed by atoms with Crippen LogP contribution in [0.15, 0.2) is 18.3 Å². The Labute approximate surface area is 147 Å². The van der Waals surface area contributed by atoms with E-state index in [0.717, 1.165) is 0 Å². The lowest BCUT2D eigenvalue weighted by Gasteiger charge is -2.13. The molecule has 2 rings (SSSR count). The fourth-order valence-corrected chi connectivity index (χ4v) is 2.36. The minimum Gasteiger partial charge on any atom is -0.447 e. The summed E-state index contributed by atoms with van der Waals surface area (Å²) in [4.78, 5) is 11.8. The molecule has 0 atom stereocenters. The first kappa shape index (κ1) is 17.4. The maximum Gasteiger partial charge on any atom is 0.413 e. The SMILES string of the molecule is CC(C)OC(=O)Nc1c(C#N)cnn1-c1ccc(Cl)c(Cl)c1Cl. The van der Waals surface area contributed by atoms with Gasteiger partial charge in [0, 0.05) is 0 Å². The molecule has 1 aromatic carbocycles. The molecule has 0 spiro atoms. The molecule has 23 heavy (non-hydrogen) atoms. The number of carbonyl (C=O) groups is 1. The van der Waals surface area contributed by atoms with E-state index < -0.39 is 6.09 Å². The number of ether oxygens (including phenoxy) is 1. The zero-order chi connectivity index (χ0) is 17.1. The fourth-order valence-electron chi connectivity index (χ4n) is 1.75. The van der Waals surface area contributed by atoms with E-state index in [1.807, 2.05) is 6.07 Å². The van der Waals surface area contributed by atoms with Crippen LogP contribution in [0.5, 0.6) is 0 Å². The predicted octanol–water partition coefficient (Wildman–Crippen LogP) is 4.66. The Morgan fingerprint density at radius 2 is 2.04 bits per heavy atom. The minimum absolute atomic E-state index is 0.124. The van der Waals surface area contributed by atoms with Crippen LogP contribution in [0.4, 0.5) is 10.6 Å². The van der Waals surface area contributed by atoms with Crippen molar-refractivity contribution in [1.82, 2.24) is 9.78 Å². The molecule has 0 aliphatic rings. The standard InChI is InChI=1S/C14H11Cl3N4O2/c1-7(2)23-14(22)20-13-8(5-18)6-19-21(13)10-4-3-9(15)11(16)12(10)17/h3-4,6-7H,1-2H3,(H,20,22). The zero-order valence-corrected chi connectivity index (χ0v) is 14.4. The van der Waals surface area contributed by atoms with E-state index in [1.54, 1.807) is 19.9 Å². The number of anilines is 1. The Bertz CT molecular complexity index is 796. The summed E-state index contributed by atoms with van der Waals surface area (Å²) in [5, 5.41) is 16.3. The van der Waals surface area contributed by atoms with Crippen LogP contribution in [-0.2, 0) is 4.74 Å². The highest BCUT2D eigenvalue weighted by Gasteiger charge is 2.19. The Morgan fingerprint density at radius 3 is 2.65 bits per heavy atom. The molecule has 1 amide bonds. The first-order valence-corrected chi connectivity index (χ1v) is 7.58. The van der Waals surface area contributed by atoms with Gasteiger partial charge in [0.25, 0.3) is 0 Å². The molecule has 0 fully saturated rings. The molecule has 0 aliphatic heterocycles. The number of halogens is 3. The first-order valence-electron chi connectivity index (χ1n) is 6.44. The number of nitrogens with zero attached hydrogens (tertiary/aromatic N) is 3. The van der Waals surface area contributed by atoms with Gasteiger partial charge in [-0.25, -0.2) is 9.48 Å². The van der Waals surface area contributed by atoms with Crippen molar-refractivity contribution >= 4 is 46.7 Å². The van der Waals surface area contributed by atoms with Gasteiger partial charge < -0.3 is 4.74 Å². The van der Waals surface area contributed by atoms with Gasteiger partial charge in [-0.1, -0.05) is 34.8 Å². The number of nitriles is 1. The van der Waals surface area contributed by atoms with Gasteiger partial charge in [0.1, 0.15) is 11.6 Å². The van der Waals surface area contributed by atoms with E-state index in [2.05, 4.69) is 10.4 Å². The lowest BCUT2D eigenvalue weighted by Crippen LogP contribution is -2.20. The van der Waals surface area contributed by atoms with Gasteiger partial charge in [-0.3, -0.25) is 5.32 Å². The van der Waals surface area contributed by atoms with Crippen molar-refractivity contribution in [2.45, 2.75) is 20.0 Å². The van der Waals surface area contributed by atoms with E-state index in [0.29, 0.717) is 5.69 Å². The van der Waals surface area contributed by atoms with E-state index in [-0.39, 0.29) is 32.6 Å². The summed E-state index contributed by atoms with van der Waals surface area (Å²) in [7, 11) is 0. The third-order valence-corrected chi connectivity index (χ3v) is 3.98. The van der Waals surface area contributed by atoms with E-state index in [4.69, 9.17) is 44.8 Å². The molecule has 1 heterocycles. The lowest BCUT2D eigenvalue weighted by atomic mass is 10.3. The van der Waals surface area contributed by atoms with Gasteiger partial charge in [0.15, 0.2) is 5.82 Å².